The molecule has 2 amide bonds. The number of hydrogen-bond acceptors (Lipinski definition) is 6. The number of carbonyl (C=O) groups excluding carboxylic acids is 2. The second kappa shape index (κ2) is 10.3. The lowest BCUT2D eigenvalue weighted by atomic mass is 10.2. The normalized spacial score (nSPS) is 17.0. The summed E-state index contributed by atoms with van der Waals surface area (Å²) in [6.45, 7) is 0. The molecule has 1 atom stereocenters. The van der Waals surface area contributed by atoms with Crippen molar-refractivity contribution in [1.82, 2.24) is 0 Å². The highest BCUT2D eigenvalue weighted by atomic mass is 32.2. The van der Waals surface area contributed by atoms with Crippen molar-refractivity contribution in [2.45, 2.75) is 16.6 Å². The van der Waals surface area contributed by atoms with Crippen molar-refractivity contribution >= 4 is 50.1 Å². The maximum Gasteiger partial charge on any atom is 0.284 e. The van der Waals surface area contributed by atoms with Gasteiger partial charge >= 0.3 is 0 Å². The van der Waals surface area contributed by atoms with Gasteiger partial charge in [-0.25, -0.2) is 4.39 Å². The summed E-state index contributed by atoms with van der Waals surface area (Å²) in [5.41, 5.74) is 0.940. The average molecular weight is 514 g/mol. The minimum Gasteiger partial charge on any atom is -0.497 e. The van der Waals surface area contributed by atoms with Gasteiger partial charge in [0.15, 0.2) is 5.17 Å². The molecule has 11 heteroatoms. The van der Waals surface area contributed by atoms with Crippen LogP contribution in [0.2, 0.25) is 0 Å². The lowest BCUT2D eigenvalue weighted by Crippen LogP contribution is -2.33. The van der Waals surface area contributed by atoms with Crippen molar-refractivity contribution < 1.29 is 27.1 Å². The second-order valence-corrected chi connectivity index (χ2v) is 10.2. The van der Waals surface area contributed by atoms with Gasteiger partial charge in [-0.15, -0.1) is 4.40 Å². The Morgan fingerprint density at radius 2 is 1.71 bits per heavy atom. The van der Waals surface area contributed by atoms with Gasteiger partial charge in [-0.05, 0) is 60.7 Å². The van der Waals surface area contributed by atoms with E-state index in [9.17, 15) is 22.4 Å². The quantitative estimate of drug-likeness (QED) is 0.511. The van der Waals surface area contributed by atoms with Crippen LogP contribution >= 0.6 is 11.8 Å². The number of methoxy groups -OCH3 is 1. The molecule has 3 aromatic carbocycles. The molecule has 1 aliphatic rings. The van der Waals surface area contributed by atoms with Gasteiger partial charge in [0, 0.05) is 12.1 Å². The van der Waals surface area contributed by atoms with E-state index in [1.807, 2.05) is 0 Å². The summed E-state index contributed by atoms with van der Waals surface area (Å²) in [7, 11) is -2.71. The Hall–Kier alpha value is -3.70. The van der Waals surface area contributed by atoms with Crippen LogP contribution in [-0.4, -0.2) is 37.8 Å². The summed E-state index contributed by atoms with van der Waals surface area (Å²) >= 11 is 0.884. The number of hydrogen-bond donors (Lipinski definition) is 1. The van der Waals surface area contributed by atoms with Gasteiger partial charge in [0.05, 0.1) is 17.7 Å². The summed E-state index contributed by atoms with van der Waals surface area (Å²) in [6, 6.07) is 19.4. The number of benzene rings is 3. The summed E-state index contributed by atoms with van der Waals surface area (Å²) in [4.78, 5) is 26.8. The van der Waals surface area contributed by atoms with Gasteiger partial charge < -0.3 is 10.1 Å². The van der Waals surface area contributed by atoms with Crippen molar-refractivity contribution in [3.63, 3.8) is 0 Å². The number of sulfonamides is 1. The Morgan fingerprint density at radius 3 is 2.34 bits per heavy atom. The van der Waals surface area contributed by atoms with Gasteiger partial charge in [-0.2, -0.15) is 8.42 Å². The highest BCUT2D eigenvalue weighted by Gasteiger charge is 2.41. The van der Waals surface area contributed by atoms with Crippen molar-refractivity contribution in [3.05, 3.63) is 84.7 Å². The van der Waals surface area contributed by atoms with E-state index in [-0.39, 0.29) is 16.5 Å². The number of nitrogens with zero attached hydrogens (tertiary/aromatic N) is 2. The van der Waals surface area contributed by atoms with Gasteiger partial charge in [-0.3, -0.25) is 14.5 Å². The van der Waals surface area contributed by atoms with Crippen molar-refractivity contribution in [1.29, 1.82) is 0 Å². The summed E-state index contributed by atoms with van der Waals surface area (Å²) < 4.78 is 47.9. The number of nitrogens with one attached hydrogen (secondary N) is 1. The number of amidine groups is 1. The number of anilines is 2. The maximum absolute atomic E-state index is 13.2. The van der Waals surface area contributed by atoms with Crippen molar-refractivity contribution in [3.8, 4) is 5.75 Å². The van der Waals surface area contributed by atoms with Gasteiger partial charge in [0.25, 0.3) is 10.0 Å². The van der Waals surface area contributed by atoms with E-state index in [1.54, 1.807) is 54.6 Å². The van der Waals surface area contributed by atoms with E-state index in [2.05, 4.69) is 9.71 Å². The fraction of sp³-hybridized carbons (Fsp3) is 0.125. The monoisotopic (exact) mass is 513 g/mol. The van der Waals surface area contributed by atoms with Crippen LogP contribution in [0.15, 0.2) is 88.2 Å². The van der Waals surface area contributed by atoms with Gasteiger partial charge in [-0.1, -0.05) is 30.0 Å². The molecule has 1 fully saturated rings. The van der Waals surface area contributed by atoms with Crippen LogP contribution in [0.4, 0.5) is 15.8 Å². The number of thioether (sulfide) groups is 1. The molecule has 0 bridgehead atoms. The molecule has 1 heterocycles. The first-order valence-electron chi connectivity index (χ1n) is 10.4. The number of rotatable bonds is 7. The molecule has 8 nitrogen and oxygen atoms in total. The molecule has 35 heavy (non-hydrogen) atoms. The van der Waals surface area contributed by atoms with E-state index >= 15 is 0 Å². The molecule has 180 valence electrons. The van der Waals surface area contributed by atoms with E-state index in [1.165, 1.54) is 12.0 Å². The summed E-state index contributed by atoms with van der Waals surface area (Å²) in [5.74, 6) is -0.849. The Morgan fingerprint density at radius 1 is 1.06 bits per heavy atom. The topological polar surface area (TPSA) is 105 Å². The van der Waals surface area contributed by atoms with E-state index < -0.39 is 32.9 Å². The first-order valence-corrected chi connectivity index (χ1v) is 12.7. The molecule has 3 aromatic rings. The number of para-hydroxylation sites is 1. The predicted octanol–water partition coefficient (Wildman–Crippen LogP) is 4.06. The standard InChI is InChI=1S/C24H20FN3O5S2/c1-33-19-11-9-17(10-12-19)26-22(29)15-21-23(30)28(18-5-3-2-4-6-18)24(34-21)27-35(31,32)20-13-7-16(25)8-14-20/h2-14,21H,15H2,1H3,(H,26,29)/b27-24+. The molecule has 1 saturated heterocycles. The lowest BCUT2D eigenvalue weighted by Gasteiger charge is -2.16. The first kappa shape index (κ1) is 24.4. The maximum atomic E-state index is 13.2. The van der Waals surface area contributed by atoms with Crippen LogP contribution in [0.1, 0.15) is 6.42 Å². The largest absolute Gasteiger partial charge is 0.497 e. The van der Waals surface area contributed by atoms with E-state index in [4.69, 9.17) is 4.74 Å². The van der Waals surface area contributed by atoms with E-state index in [0.717, 1.165) is 36.0 Å². The Labute approximate surface area is 205 Å². The molecule has 0 aromatic heterocycles. The Balaban J connectivity index is 1.59. The highest BCUT2D eigenvalue weighted by Crippen LogP contribution is 2.35. The van der Waals surface area contributed by atoms with Gasteiger partial charge in [0.1, 0.15) is 16.8 Å². The molecule has 1 N–H and O–H groups in total. The van der Waals surface area contributed by atoms with Crippen molar-refractivity contribution in [2.24, 2.45) is 4.40 Å². The molecule has 1 aliphatic heterocycles. The number of carbonyl (C=O) groups is 2. The van der Waals surface area contributed by atoms with Crippen LogP contribution in [-0.2, 0) is 19.6 Å². The fourth-order valence-electron chi connectivity index (χ4n) is 3.29. The molecule has 0 saturated carbocycles. The zero-order chi connectivity index (χ0) is 25.0. The average Bonchev–Trinajstić information content (AvgIpc) is 3.13. The number of ether oxygens (including phenoxy) is 1. The second-order valence-electron chi connectivity index (χ2n) is 7.40. The van der Waals surface area contributed by atoms with Crippen LogP contribution in [0.5, 0.6) is 5.75 Å². The predicted molar refractivity (Wildman–Crippen MR) is 133 cm³/mol. The fourth-order valence-corrected chi connectivity index (χ4v) is 5.63. The molecule has 0 spiro atoms. The first-order chi connectivity index (χ1) is 16.8. The van der Waals surface area contributed by atoms with Crippen LogP contribution in [0.25, 0.3) is 0 Å². The Kier molecular flexibility index (Phi) is 7.17. The SMILES string of the molecule is COc1ccc(NC(=O)CC2S/C(=N/S(=O)(=O)c3ccc(F)cc3)N(c3ccccc3)C2=O)cc1. The third kappa shape index (κ3) is 5.69. The molecule has 4 rings (SSSR count). The summed E-state index contributed by atoms with van der Waals surface area (Å²) in [5, 5.41) is 1.73. The molecule has 1 unspecified atom stereocenters. The lowest BCUT2D eigenvalue weighted by molar-refractivity contribution is -0.121. The minimum absolute atomic E-state index is 0.0900. The van der Waals surface area contributed by atoms with Gasteiger partial charge in [0.2, 0.25) is 11.8 Å². The third-order valence-corrected chi connectivity index (χ3v) is 7.54. The smallest absolute Gasteiger partial charge is 0.284 e. The zero-order valence-electron chi connectivity index (χ0n) is 18.4. The molecule has 0 radical (unpaired) electrons. The van der Waals surface area contributed by atoms with Crippen molar-refractivity contribution in [2.75, 3.05) is 17.3 Å². The number of halogens is 1. The highest BCUT2D eigenvalue weighted by molar-refractivity contribution is 8.16. The van der Waals surface area contributed by atoms with Crippen LogP contribution < -0.4 is 15.0 Å². The molecular weight excluding hydrogens is 493 g/mol. The molecular formula is C24H20FN3O5S2. The third-order valence-electron chi connectivity index (χ3n) is 5.00. The van der Waals surface area contributed by atoms with Crippen LogP contribution in [0, 0.1) is 5.82 Å². The van der Waals surface area contributed by atoms with E-state index in [0.29, 0.717) is 17.1 Å². The van der Waals surface area contributed by atoms with Crippen LogP contribution in [0.3, 0.4) is 0 Å². The zero-order valence-corrected chi connectivity index (χ0v) is 20.1. The summed E-state index contributed by atoms with van der Waals surface area (Å²) in [6.07, 6.45) is -0.200. The Bertz CT molecular complexity index is 1360. The number of amides is 2. The minimum atomic E-state index is -4.24. The molecule has 0 aliphatic carbocycles.